The highest BCUT2D eigenvalue weighted by Gasteiger charge is 2.34. The predicted molar refractivity (Wildman–Crippen MR) is 104 cm³/mol. The first-order valence-electron chi connectivity index (χ1n) is 9.59. The van der Waals surface area contributed by atoms with Crippen molar-refractivity contribution in [2.75, 3.05) is 31.1 Å². The molecule has 0 amide bonds. The van der Waals surface area contributed by atoms with Gasteiger partial charge in [0.25, 0.3) is 0 Å². The van der Waals surface area contributed by atoms with Gasteiger partial charge in [-0.05, 0) is 25.8 Å². The first-order valence-corrected chi connectivity index (χ1v) is 9.59. The van der Waals surface area contributed by atoms with Crippen molar-refractivity contribution in [3.63, 3.8) is 0 Å². The molecule has 8 nitrogen and oxygen atoms in total. The number of hydrogen-bond donors (Lipinski definition) is 1. The molecule has 0 bridgehead atoms. The number of hydrogen-bond acceptors (Lipinski definition) is 6. The molecule has 2 aromatic rings. The summed E-state index contributed by atoms with van der Waals surface area (Å²) in [5, 5.41) is 8.92. The molecule has 0 unspecified atom stereocenters. The van der Waals surface area contributed by atoms with E-state index in [1.54, 1.807) is 11.5 Å². The number of rotatable bonds is 3. The van der Waals surface area contributed by atoms with Gasteiger partial charge in [-0.2, -0.15) is 0 Å². The third kappa shape index (κ3) is 2.93. The number of halogens is 1. The Morgan fingerprint density at radius 3 is 2.66 bits per heavy atom. The molecule has 1 aliphatic carbocycles. The van der Waals surface area contributed by atoms with Crippen LogP contribution in [-0.2, 0) is 0 Å². The Morgan fingerprint density at radius 1 is 1.28 bits per heavy atom. The second-order valence-electron chi connectivity index (χ2n) is 7.62. The molecule has 1 saturated carbocycles. The van der Waals surface area contributed by atoms with Gasteiger partial charge in [0.2, 0.25) is 5.43 Å². The molecule has 152 valence electrons. The maximum absolute atomic E-state index is 15.2. The first kappa shape index (κ1) is 18.0. The second kappa shape index (κ2) is 6.48. The van der Waals surface area contributed by atoms with Crippen molar-refractivity contribution in [1.29, 1.82) is 0 Å². The van der Waals surface area contributed by atoms with E-state index in [1.807, 2.05) is 4.90 Å². The van der Waals surface area contributed by atoms with Gasteiger partial charge in [-0.15, -0.1) is 0 Å². The number of aromatic nitrogens is 1. The standard InChI is InChI=1S/C20H20FN3O5/c1-11-10-28-19-16-13(18(25)15(9-24(11)16)29-20(26)27)8-14(21)17(19)23-6-4-22(5-7-23)12-2-3-12/h8-10,12H,2-7H2,1H3,(H,26,27). The number of allylic oxidation sites excluding steroid dienone is 1. The molecule has 3 aliphatic rings. The summed E-state index contributed by atoms with van der Waals surface area (Å²) in [7, 11) is 0. The van der Waals surface area contributed by atoms with Crippen LogP contribution in [0.3, 0.4) is 0 Å². The zero-order chi connectivity index (χ0) is 20.3. The monoisotopic (exact) mass is 401 g/mol. The zero-order valence-electron chi connectivity index (χ0n) is 15.9. The average molecular weight is 401 g/mol. The fraction of sp³-hybridized carbons (Fsp3) is 0.400. The zero-order valence-corrected chi connectivity index (χ0v) is 15.9. The Labute approximate surface area is 165 Å². The number of nitrogens with zero attached hydrogens (tertiary/aromatic N) is 3. The SMILES string of the molecule is CC1=COc2c(N3CCN(C4CC4)CC3)c(F)cc3c(=O)c(OC(=O)O)cn1c23. The van der Waals surface area contributed by atoms with Crippen LogP contribution in [0.2, 0.25) is 0 Å². The van der Waals surface area contributed by atoms with Crippen LogP contribution in [0.1, 0.15) is 19.8 Å². The topological polar surface area (TPSA) is 84.2 Å². The third-order valence-electron chi connectivity index (χ3n) is 5.76. The lowest BCUT2D eigenvalue weighted by Gasteiger charge is -2.37. The van der Waals surface area contributed by atoms with Gasteiger partial charge in [-0.3, -0.25) is 9.69 Å². The van der Waals surface area contributed by atoms with Crippen LogP contribution in [0.5, 0.6) is 11.5 Å². The van der Waals surface area contributed by atoms with Gasteiger partial charge in [0.15, 0.2) is 17.3 Å². The summed E-state index contributed by atoms with van der Waals surface area (Å²) in [6.07, 6.45) is 3.63. The summed E-state index contributed by atoms with van der Waals surface area (Å²) < 4.78 is 27.2. The molecular formula is C20H20FN3O5. The molecule has 0 atom stereocenters. The number of ether oxygens (including phenoxy) is 2. The molecule has 29 heavy (non-hydrogen) atoms. The molecule has 9 heteroatoms. The molecule has 1 saturated heterocycles. The lowest BCUT2D eigenvalue weighted by atomic mass is 10.1. The summed E-state index contributed by atoms with van der Waals surface area (Å²) in [6, 6.07) is 1.81. The van der Waals surface area contributed by atoms with E-state index in [4.69, 9.17) is 9.84 Å². The Balaban J connectivity index is 1.64. The number of carbonyl (C=O) groups is 1. The minimum Gasteiger partial charge on any atom is -0.459 e. The molecular weight excluding hydrogens is 381 g/mol. The summed E-state index contributed by atoms with van der Waals surface area (Å²) in [5.74, 6) is -0.684. The molecule has 0 spiro atoms. The maximum atomic E-state index is 15.2. The summed E-state index contributed by atoms with van der Waals surface area (Å²) in [5.41, 5.74) is 0.668. The van der Waals surface area contributed by atoms with E-state index in [2.05, 4.69) is 9.64 Å². The number of anilines is 1. The summed E-state index contributed by atoms with van der Waals surface area (Å²) in [4.78, 5) is 28.0. The molecule has 1 N–H and O–H groups in total. The van der Waals surface area contributed by atoms with Crippen molar-refractivity contribution >= 4 is 28.4 Å². The molecule has 1 aromatic heterocycles. The van der Waals surface area contributed by atoms with E-state index < -0.39 is 17.4 Å². The van der Waals surface area contributed by atoms with E-state index in [9.17, 15) is 9.59 Å². The van der Waals surface area contributed by atoms with Crippen LogP contribution in [0, 0.1) is 5.82 Å². The lowest BCUT2D eigenvalue weighted by molar-refractivity contribution is 0.144. The predicted octanol–water partition coefficient (Wildman–Crippen LogP) is 2.69. The minimum absolute atomic E-state index is 0.0177. The molecule has 2 fully saturated rings. The minimum atomic E-state index is -1.60. The smallest absolute Gasteiger partial charge is 0.459 e. The van der Waals surface area contributed by atoms with Crippen molar-refractivity contribution in [1.82, 2.24) is 9.47 Å². The number of piperazine rings is 1. The molecule has 1 aromatic carbocycles. The van der Waals surface area contributed by atoms with Crippen molar-refractivity contribution in [2.45, 2.75) is 25.8 Å². The highest BCUT2D eigenvalue weighted by atomic mass is 19.1. The van der Waals surface area contributed by atoms with Crippen LogP contribution in [0.25, 0.3) is 16.6 Å². The van der Waals surface area contributed by atoms with Gasteiger partial charge < -0.3 is 24.0 Å². The lowest BCUT2D eigenvalue weighted by Crippen LogP contribution is -2.47. The molecule has 3 heterocycles. The van der Waals surface area contributed by atoms with Crippen LogP contribution >= 0.6 is 0 Å². The van der Waals surface area contributed by atoms with E-state index >= 15 is 4.39 Å². The Kier molecular flexibility index (Phi) is 4.02. The highest BCUT2D eigenvalue weighted by Crippen LogP contribution is 2.42. The van der Waals surface area contributed by atoms with Gasteiger partial charge in [-0.25, -0.2) is 9.18 Å². The summed E-state index contributed by atoms with van der Waals surface area (Å²) >= 11 is 0. The fourth-order valence-electron chi connectivity index (χ4n) is 4.19. The van der Waals surface area contributed by atoms with Gasteiger partial charge in [0, 0.05) is 32.2 Å². The van der Waals surface area contributed by atoms with Gasteiger partial charge in [0.1, 0.15) is 17.5 Å². The van der Waals surface area contributed by atoms with Crippen molar-refractivity contribution < 1.29 is 23.8 Å². The second-order valence-corrected chi connectivity index (χ2v) is 7.62. The van der Waals surface area contributed by atoms with Gasteiger partial charge in [-0.1, -0.05) is 0 Å². The molecule has 0 radical (unpaired) electrons. The normalized spacial score (nSPS) is 19.1. The van der Waals surface area contributed by atoms with E-state index in [0.29, 0.717) is 36.0 Å². The van der Waals surface area contributed by atoms with Crippen molar-refractivity contribution in [3.8, 4) is 11.5 Å². The van der Waals surface area contributed by atoms with E-state index in [0.717, 1.165) is 19.2 Å². The quantitative estimate of drug-likeness (QED) is 0.792. The number of carboxylic acid groups (broad SMARTS) is 1. The first-order chi connectivity index (χ1) is 13.9. The Bertz CT molecular complexity index is 1110. The number of benzene rings is 1. The third-order valence-corrected chi connectivity index (χ3v) is 5.76. The van der Waals surface area contributed by atoms with Crippen LogP contribution in [0.15, 0.2) is 23.3 Å². The van der Waals surface area contributed by atoms with Gasteiger partial charge >= 0.3 is 6.16 Å². The summed E-state index contributed by atoms with van der Waals surface area (Å²) in [6.45, 7) is 4.79. The van der Waals surface area contributed by atoms with E-state index in [1.165, 1.54) is 25.3 Å². The fourth-order valence-corrected chi connectivity index (χ4v) is 4.19. The molecule has 5 rings (SSSR count). The van der Waals surface area contributed by atoms with Crippen molar-refractivity contribution in [2.24, 2.45) is 0 Å². The van der Waals surface area contributed by atoms with Crippen LogP contribution < -0.4 is 19.8 Å². The van der Waals surface area contributed by atoms with E-state index in [-0.39, 0.29) is 16.9 Å². The maximum Gasteiger partial charge on any atom is 0.511 e. The largest absolute Gasteiger partial charge is 0.511 e. The Hall–Kier alpha value is -3.07. The Morgan fingerprint density at radius 2 is 2.00 bits per heavy atom. The van der Waals surface area contributed by atoms with Gasteiger partial charge in [0.05, 0.1) is 17.3 Å². The molecule has 2 aliphatic heterocycles. The van der Waals surface area contributed by atoms with Crippen molar-refractivity contribution in [3.05, 3.63) is 34.6 Å². The van der Waals surface area contributed by atoms with Crippen LogP contribution in [0.4, 0.5) is 14.9 Å². The average Bonchev–Trinajstić information content (AvgIpc) is 3.53. The van der Waals surface area contributed by atoms with Crippen LogP contribution in [-0.4, -0.2) is 52.9 Å². The highest BCUT2D eigenvalue weighted by molar-refractivity contribution is 5.95. The number of pyridine rings is 1.